The molecule has 0 unspecified atom stereocenters. The molecule has 0 amide bonds. The molecule has 1 aromatic rings. The molecule has 0 radical (unpaired) electrons. The summed E-state index contributed by atoms with van der Waals surface area (Å²) in [4.78, 5) is 2.53. The van der Waals surface area contributed by atoms with E-state index in [9.17, 15) is 0 Å². The molecule has 1 nitrogen and oxygen atoms in total. The van der Waals surface area contributed by atoms with Crippen LogP contribution >= 0.6 is 11.3 Å². The lowest BCUT2D eigenvalue weighted by Crippen LogP contribution is -2.40. The van der Waals surface area contributed by atoms with Gasteiger partial charge < -0.3 is 4.43 Å². The highest BCUT2D eigenvalue weighted by Crippen LogP contribution is 2.36. The number of hydrogen-bond donors (Lipinski definition) is 0. The minimum atomic E-state index is -1.60. The van der Waals surface area contributed by atoms with Crippen molar-refractivity contribution in [3.63, 3.8) is 0 Å². The van der Waals surface area contributed by atoms with Gasteiger partial charge in [-0.2, -0.15) is 0 Å². The Morgan fingerprint density at radius 2 is 1.89 bits per heavy atom. The molecule has 0 aliphatic heterocycles. The molecule has 3 heteroatoms. The Labute approximate surface area is 123 Å². The zero-order valence-electron chi connectivity index (χ0n) is 13.3. The fourth-order valence-electron chi connectivity index (χ4n) is 1.36. The molecule has 0 aliphatic carbocycles. The summed E-state index contributed by atoms with van der Waals surface area (Å²) < 4.78 is 6.10. The molecule has 1 heterocycles. The molecule has 0 aromatic carbocycles. The highest BCUT2D eigenvalue weighted by molar-refractivity contribution is 7.12. The summed E-state index contributed by atoms with van der Waals surface area (Å²) in [6.07, 6.45) is 0.822. The lowest BCUT2D eigenvalue weighted by Gasteiger charge is -2.35. The molecule has 0 spiro atoms. The Morgan fingerprint density at radius 1 is 1.26 bits per heavy atom. The Hall–Kier alpha value is -0.563. The summed E-state index contributed by atoms with van der Waals surface area (Å²) >= 11 is 1.78. The molecular formula is C16H26OSSi. The summed E-state index contributed by atoms with van der Waals surface area (Å²) in [5, 5.41) is 0.280. The lowest BCUT2D eigenvalue weighted by molar-refractivity contribution is 0.296. The second kappa shape index (κ2) is 6.26. The maximum Gasteiger partial charge on any atom is 0.192 e. The van der Waals surface area contributed by atoms with E-state index >= 15 is 0 Å². The average Bonchev–Trinajstić information content (AvgIpc) is 2.56. The predicted octanol–water partition coefficient (Wildman–Crippen LogP) is 5.13. The Balaban J connectivity index is 2.44. The van der Waals surface area contributed by atoms with Crippen LogP contribution in [0.2, 0.25) is 18.1 Å². The largest absolute Gasteiger partial charge is 0.416 e. The standard InChI is InChI=1S/C16H26OSSi/c1-13-12-15(18-14(13)2)10-8-9-11-17-19(6,7)16(3,4)5/h12H,9,11H2,1-7H3. The summed E-state index contributed by atoms with van der Waals surface area (Å²) in [6.45, 7) is 16.4. The van der Waals surface area contributed by atoms with Crippen LogP contribution in [-0.2, 0) is 4.43 Å². The van der Waals surface area contributed by atoms with Gasteiger partial charge in [0.05, 0.1) is 4.88 Å². The number of hydrogen-bond acceptors (Lipinski definition) is 2. The lowest BCUT2D eigenvalue weighted by atomic mass is 10.2. The van der Waals surface area contributed by atoms with E-state index in [1.165, 1.54) is 15.3 Å². The first-order valence-corrected chi connectivity index (χ1v) is 10.6. The predicted molar refractivity (Wildman–Crippen MR) is 88.4 cm³/mol. The van der Waals surface area contributed by atoms with E-state index in [2.05, 4.69) is 65.6 Å². The van der Waals surface area contributed by atoms with E-state index in [1.807, 2.05) is 0 Å². The summed E-state index contributed by atoms with van der Waals surface area (Å²) in [7, 11) is -1.60. The van der Waals surface area contributed by atoms with Crippen LogP contribution in [0.4, 0.5) is 0 Å². The summed E-state index contributed by atoms with van der Waals surface area (Å²) in [5.74, 6) is 6.46. The fraction of sp³-hybridized carbons (Fsp3) is 0.625. The first-order chi connectivity index (χ1) is 8.63. The van der Waals surface area contributed by atoms with Gasteiger partial charge in [0.15, 0.2) is 8.32 Å². The monoisotopic (exact) mass is 294 g/mol. The Bertz CT molecular complexity index is 464. The highest BCUT2D eigenvalue weighted by atomic mass is 32.1. The van der Waals surface area contributed by atoms with Gasteiger partial charge in [0, 0.05) is 17.9 Å². The second-order valence-corrected chi connectivity index (χ2v) is 12.6. The van der Waals surface area contributed by atoms with Crippen LogP contribution in [0, 0.1) is 25.7 Å². The van der Waals surface area contributed by atoms with E-state index in [0.29, 0.717) is 0 Å². The first kappa shape index (κ1) is 16.5. The van der Waals surface area contributed by atoms with E-state index in [-0.39, 0.29) is 5.04 Å². The molecule has 0 atom stereocenters. The molecule has 106 valence electrons. The van der Waals surface area contributed by atoms with Gasteiger partial charge >= 0.3 is 0 Å². The topological polar surface area (TPSA) is 9.23 Å². The maximum absolute atomic E-state index is 6.10. The van der Waals surface area contributed by atoms with Crippen molar-refractivity contribution >= 4 is 19.7 Å². The molecule has 0 saturated carbocycles. The number of aryl methyl sites for hydroxylation is 2. The third-order valence-electron chi connectivity index (χ3n) is 3.87. The second-order valence-electron chi connectivity index (χ2n) is 6.51. The van der Waals surface area contributed by atoms with Crippen molar-refractivity contribution in [2.24, 2.45) is 0 Å². The van der Waals surface area contributed by atoms with Gasteiger partial charge in [0.1, 0.15) is 0 Å². The Morgan fingerprint density at radius 3 is 2.37 bits per heavy atom. The van der Waals surface area contributed by atoms with E-state index in [1.54, 1.807) is 11.3 Å². The van der Waals surface area contributed by atoms with Crippen molar-refractivity contribution in [1.29, 1.82) is 0 Å². The summed E-state index contributed by atoms with van der Waals surface area (Å²) in [6, 6.07) is 2.17. The maximum atomic E-state index is 6.10. The van der Waals surface area contributed by atoms with E-state index in [0.717, 1.165) is 13.0 Å². The van der Waals surface area contributed by atoms with Gasteiger partial charge in [0.25, 0.3) is 0 Å². The van der Waals surface area contributed by atoms with Gasteiger partial charge in [-0.15, -0.1) is 11.3 Å². The van der Waals surface area contributed by atoms with E-state index < -0.39 is 8.32 Å². The quantitative estimate of drug-likeness (QED) is 0.427. The molecule has 1 aromatic heterocycles. The normalized spacial score (nSPS) is 12.2. The molecule has 0 fully saturated rings. The Kier molecular flexibility index (Phi) is 5.43. The zero-order valence-corrected chi connectivity index (χ0v) is 15.1. The molecule has 1 rings (SSSR count). The third-order valence-corrected chi connectivity index (χ3v) is 9.48. The first-order valence-electron chi connectivity index (χ1n) is 6.83. The van der Waals surface area contributed by atoms with Crippen LogP contribution < -0.4 is 0 Å². The van der Waals surface area contributed by atoms with Gasteiger partial charge in [-0.05, 0) is 43.6 Å². The van der Waals surface area contributed by atoms with Crippen molar-refractivity contribution < 1.29 is 4.43 Å². The van der Waals surface area contributed by atoms with Gasteiger partial charge in [-0.1, -0.05) is 32.6 Å². The molecule has 0 N–H and O–H groups in total. The van der Waals surface area contributed by atoms with Crippen LogP contribution in [0.1, 0.15) is 42.5 Å². The van der Waals surface area contributed by atoms with Crippen molar-refractivity contribution in [3.05, 3.63) is 21.4 Å². The highest BCUT2D eigenvalue weighted by Gasteiger charge is 2.36. The minimum absolute atomic E-state index is 0.280. The van der Waals surface area contributed by atoms with Crippen molar-refractivity contribution in [2.75, 3.05) is 6.61 Å². The minimum Gasteiger partial charge on any atom is -0.416 e. The van der Waals surface area contributed by atoms with Gasteiger partial charge in [-0.3, -0.25) is 0 Å². The molecule has 0 aliphatic rings. The molecule has 19 heavy (non-hydrogen) atoms. The zero-order chi connectivity index (χ0) is 14.7. The number of rotatable bonds is 3. The number of thiophene rings is 1. The van der Waals surface area contributed by atoms with Crippen LogP contribution in [-0.4, -0.2) is 14.9 Å². The van der Waals surface area contributed by atoms with Crippen LogP contribution in [0.15, 0.2) is 6.07 Å². The van der Waals surface area contributed by atoms with Gasteiger partial charge in [-0.25, -0.2) is 0 Å². The molecular weight excluding hydrogens is 268 g/mol. The summed E-state index contributed by atoms with van der Waals surface area (Å²) in [5.41, 5.74) is 1.34. The van der Waals surface area contributed by atoms with Crippen molar-refractivity contribution in [1.82, 2.24) is 0 Å². The van der Waals surface area contributed by atoms with Crippen molar-refractivity contribution in [2.45, 2.75) is 59.2 Å². The van der Waals surface area contributed by atoms with E-state index in [4.69, 9.17) is 4.43 Å². The van der Waals surface area contributed by atoms with Gasteiger partial charge in [0.2, 0.25) is 0 Å². The van der Waals surface area contributed by atoms with Crippen LogP contribution in [0.5, 0.6) is 0 Å². The SMILES string of the molecule is Cc1cc(C#CCCO[Si](C)(C)C(C)(C)C)sc1C. The van der Waals surface area contributed by atoms with Crippen LogP contribution in [0.25, 0.3) is 0 Å². The smallest absolute Gasteiger partial charge is 0.192 e. The van der Waals surface area contributed by atoms with Crippen molar-refractivity contribution in [3.8, 4) is 11.8 Å². The third kappa shape index (κ3) is 4.80. The fourth-order valence-corrected chi connectivity index (χ4v) is 3.31. The average molecular weight is 295 g/mol. The molecule has 0 bridgehead atoms. The molecule has 0 saturated heterocycles. The van der Waals surface area contributed by atoms with Crippen LogP contribution in [0.3, 0.4) is 0 Å².